The second-order valence-corrected chi connectivity index (χ2v) is 5.38. The lowest BCUT2D eigenvalue weighted by Gasteiger charge is -2.20. The summed E-state index contributed by atoms with van der Waals surface area (Å²) in [6.45, 7) is 3.38. The van der Waals surface area contributed by atoms with Gasteiger partial charge in [-0.3, -0.25) is 0 Å². The van der Waals surface area contributed by atoms with Crippen molar-refractivity contribution >= 4 is 21.6 Å². The normalized spacial score (nSPS) is 26.2. The first-order valence-electron chi connectivity index (χ1n) is 5.39. The van der Waals surface area contributed by atoms with Crippen LogP contribution in [-0.2, 0) is 5.54 Å². The Labute approximate surface area is 93.3 Å². The third-order valence-electron chi connectivity index (χ3n) is 3.13. The third-order valence-corrected chi connectivity index (χ3v) is 4.43. The van der Waals surface area contributed by atoms with Gasteiger partial charge >= 0.3 is 0 Å². The molecule has 3 rings (SSSR count). The molecule has 1 fully saturated rings. The van der Waals surface area contributed by atoms with Crippen LogP contribution in [0.25, 0.3) is 10.2 Å². The Morgan fingerprint density at radius 1 is 1.40 bits per heavy atom. The fourth-order valence-electron chi connectivity index (χ4n) is 2.19. The van der Waals surface area contributed by atoms with Crippen LogP contribution in [0.1, 0.15) is 24.8 Å². The molecule has 1 aromatic heterocycles. The van der Waals surface area contributed by atoms with E-state index < -0.39 is 0 Å². The van der Waals surface area contributed by atoms with E-state index >= 15 is 0 Å². The highest BCUT2D eigenvalue weighted by atomic mass is 32.1. The molecule has 1 aromatic carbocycles. The lowest BCUT2D eigenvalue weighted by molar-refractivity contribution is 0.433. The predicted octanol–water partition coefficient (Wildman–Crippen LogP) is 2.89. The molecule has 2 heterocycles. The highest BCUT2D eigenvalue weighted by Gasteiger charge is 2.32. The van der Waals surface area contributed by atoms with E-state index in [2.05, 4.69) is 36.5 Å². The summed E-state index contributed by atoms with van der Waals surface area (Å²) < 4.78 is 1.29. The topological polar surface area (TPSA) is 24.9 Å². The lowest BCUT2D eigenvalue weighted by atomic mass is 10.0. The quantitative estimate of drug-likeness (QED) is 0.796. The number of rotatable bonds is 1. The maximum Gasteiger partial charge on any atom is 0.114 e. The molecule has 2 nitrogen and oxygen atoms in total. The van der Waals surface area contributed by atoms with Crippen molar-refractivity contribution in [2.45, 2.75) is 25.3 Å². The van der Waals surface area contributed by atoms with E-state index in [0.717, 1.165) is 12.1 Å². The van der Waals surface area contributed by atoms with E-state index in [9.17, 15) is 0 Å². The van der Waals surface area contributed by atoms with Gasteiger partial charge in [-0.1, -0.05) is 12.1 Å². The van der Waals surface area contributed by atoms with Crippen molar-refractivity contribution in [3.05, 3.63) is 29.3 Å². The van der Waals surface area contributed by atoms with Crippen molar-refractivity contribution in [1.29, 1.82) is 0 Å². The maximum absolute atomic E-state index is 4.72. The second kappa shape index (κ2) is 3.29. The summed E-state index contributed by atoms with van der Waals surface area (Å²) in [4.78, 5) is 4.72. The van der Waals surface area contributed by atoms with E-state index in [-0.39, 0.29) is 5.54 Å². The Morgan fingerprint density at radius 2 is 2.27 bits per heavy atom. The van der Waals surface area contributed by atoms with Gasteiger partial charge in [0.25, 0.3) is 0 Å². The van der Waals surface area contributed by atoms with Crippen molar-refractivity contribution < 1.29 is 0 Å². The molecule has 3 heteroatoms. The van der Waals surface area contributed by atoms with Gasteiger partial charge in [0, 0.05) is 0 Å². The summed E-state index contributed by atoms with van der Waals surface area (Å²) >= 11 is 1.82. The maximum atomic E-state index is 4.72. The largest absolute Gasteiger partial charge is 0.306 e. The molecule has 1 N–H and O–H groups in total. The van der Waals surface area contributed by atoms with Gasteiger partial charge in [-0.05, 0) is 38.4 Å². The van der Waals surface area contributed by atoms with Gasteiger partial charge < -0.3 is 5.32 Å². The van der Waals surface area contributed by atoms with Crippen LogP contribution >= 0.6 is 11.3 Å². The fraction of sp³-hybridized carbons (Fsp3) is 0.417. The molecule has 15 heavy (non-hydrogen) atoms. The van der Waals surface area contributed by atoms with Gasteiger partial charge in [-0.25, -0.2) is 4.98 Å². The number of fused-ring (bicyclic) bond motifs is 1. The Morgan fingerprint density at radius 3 is 3.00 bits per heavy atom. The number of nitrogens with zero attached hydrogens (tertiary/aromatic N) is 1. The molecule has 0 saturated carbocycles. The molecule has 1 aliphatic rings. The summed E-state index contributed by atoms with van der Waals surface area (Å²) in [6, 6.07) is 8.37. The zero-order valence-corrected chi connectivity index (χ0v) is 9.60. The van der Waals surface area contributed by atoms with Crippen LogP contribution in [0.15, 0.2) is 24.3 Å². The van der Waals surface area contributed by atoms with Crippen molar-refractivity contribution in [2.75, 3.05) is 6.54 Å². The lowest BCUT2D eigenvalue weighted by Crippen LogP contribution is -2.32. The van der Waals surface area contributed by atoms with Crippen LogP contribution in [0, 0.1) is 0 Å². The number of hydrogen-bond acceptors (Lipinski definition) is 3. The smallest absolute Gasteiger partial charge is 0.114 e. The average Bonchev–Trinajstić information content (AvgIpc) is 2.84. The van der Waals surface area contributed by atoms with Crippen molar-refractivity contribution in [3.63, 3.8) is 0 Å². The minimum Gasteiger partial charge on any atom is -0.306 e. The van der Waals surface area contributed by atoms with E-state index in [1.807, 2.05) is 11.3 Å². The van der Waals surface area contributed by atoms with Crippen molar-refractivity contribution in [1.82, 2.24) is 10.3 Å². The summed E-state index contributed by atoms with van der Waals surface area (Å²) in [5.41, 5.74) is 1.25. The molecule has 0 bridgehead atoms. The first-order chi connectivity index (χ1) is 7.28. The first kappa shape index (κ1) is 9.31. The zero-order chi connectivity index (χ0) is 10.3. The minimum absolute atomic E-state index is 0.115. The molecule has 0 radical (unpaired) electrons. The molecule has 2 aromatic rings. The number of nitrogens with one attached hydrogen (secondary N) is 1. The molecule has 1 aliphatic heterocycles. The number of hydrogen-bond donors (Lipinski definition) is 1. The molecule has 0 amide bonds. The molecule has 0 spiro atoms. The molecule has 1 saturated heterocycles. The zero-order valence-electron chi connectivity index (χ0n) is 8.79. The van der Waals surface area contributed by atoms with E-state index in [1.54, 1.807) is 0 Å². The number of benzene rings is 1. The van der Waals surface area contributed by atoms with Gasteiger partial charge in [0.05, 0.1) is 15.8 Å². The van der Waals surface area contributed by atoms with Crippen LogP contribution in [0.2, 0.25) is 0 Å². The van der Waals surface area contributed by atoms with Gasteiger partial charge in [-0.2, -0.15) is 0 Å². The highest BCUT2D eigenvalue weighted by Crippen LogP contribution is 2.35. The molecule has 1 unspecified atom stereocenters. The fourth-order valence-corrected chi connectivity index (χ4v) is 3.30. The van der Waals surface area contributed by atoms with Gasteiger partial charge in [0.1, 0.15) is 5.01 Å². The van der Waals surface area contributed by atoms with Gasteiger partial charge in [0.15, 0.2) is 0 Å². The second-order valence-electron chi connectivity index (χ2n) is 4.35. The highest BCUT2D eigenvalue weighted by molar-refractivity contribution is 7.18. The van der Waals surface area contributed by atoms with E-state index in [0.29, 0.717) is 0 Å². The van der Waals surface area contributed by atoms with Crippen LogP contribution in [-0.4, -0.2) is 11.5 Å². The molecular formula is C12H14N2S. The van der Waals surface area contributed by atoms with Gasteiger partial charge in [0.2, 0.25) is 0 Å². The summed E-state index contributed by atoms with van der Waals surface area (Å²) in [7, 11) is 0. The summed E-state index contributed by atoms with van der Waals surface area (Å²) in [6.07, 6.45) is 2.46. The predicted molar refractivity (Wildman–Crippen MR) is 64.2 cm³/mol. The van der Waals surface area contributed by atoms with Gasteiger partial charge in [-0.15, -0.1) is 11.3 Å². The number of para-hydroxylation sites is 1. The number of thiazole rings is 1. The van der Waals surface area contributed by atoms with Crippen LogP contribution < -0.4 is 5.32 Å². The summed E-state index contributed by atoms with van der Waals surface area (Å²) in [5.74, 6) is 0. The molecule has 78 valence electrons. The van der Waals surface area contributed by atoms with Crippen molar-refractivity contribution in [3.8, 4) is 0 Å². The van der Waals surface area contributed by atoms with Crippen LogP contribution in [0.4, 0.5) is 0 Å². The van der Waals surface area contributed by atoms with Crippen LogP contribution in [0.3, 0.4) is 0 Å². The Balaban J connectivity index is 2.11. The SMILES string of the molecule is CC1(c2nc3ccccc3s2)CCCN1. The standard InChI is InChI=1S/C12H14N2S/c1-12(7-4-8-13-12)11-14-9-5-2-3-6-10(9)15-11/h2-3,5-6,13H,4,7-8H2,1H3. The number of aromatic nitrogens is 1. The van der Waals surface area contributed by atoms with Crippen molar-refractivity contribution in [2.24, 2.45) is 0 Å². The Kier molecular flexibility index (Phi) is 2.04. The Bertz CT molecular complexity index is 450. The minimum atomic E-state index is 0.115. The monoisotopic (exact) mass is 218 g/mol. The molecule has 1 atom stereocenters. The van der Waals surface area contributed by atoms with Crippen LogP contribution in [0.5, 0.6) is 0 Å². The Hall–Kier alpha value is -0.930. The van der Waals surface area contributed by atoms with E-state index in [1.165, 1.54) is 22.5 Å². The third kappa shape index (κ3) is 1.46. The van der Waals surface area contributed by atoms with E-state index in [4.69, 9.17) is 4.98 Å². The summed E-state index contributed by atoms with van der Waals surface area (Å²) in [5, 5.41) is 4.80. The first-order valence-corrected chi connectivity index (χ1v) is 6.21. The molecule has 0 aliphatic carbocycles. The molecular weight excluding hydrogens is 204 g/mol. The average molecular weight is 218 g/mol.